The number of halogens is 2. The maximum Gasteiger partial charge on any atom is 0.352 e. The smallest absolute Gasteiger partial charge is 0.352 e. The number of alkyl halides is 2. The fourth-order valence-corrected chi connectivity index (χ4v) is 5.58. The number of aromatic nitrogens is 2. The summed E-state index contributed by atoms with van der Waals surface area (Å²) < 4.78 is 36.8. The first kappa shape index (κ1) is 22.9. The van der Waals surface area contributed by atoms with Crippen LogP contribution in [0, 0.1) is 10.8 Å². The van der Waals surface area contributed by atoms with Crippen molar-refractivity contribution in [1.29, 1.82) is 0 Å². The molecule has 1 amide bonds. The van der Waals surface area contributed by atoms with Gasteiger partial charge < -0.3 is 19.3 Å². The van der Waals surface area contributed by atoms with Crippen LogP contribution in [0.3, 0.4) is 0 Å². The summed E-state index contributed by atoms with van der Waals surface area (Å²) in [5.74, 6) is -5.11. The summed E-state index contributed by atoms with van der Waals surface area (Å²) in [6.07, 6.45) is 1.46. The van der Waals surface area contributed by atoms with Gasteiger partial charge in [0.15, 0.2) is 0 Å². The molecule has 1 saturated heterocycles. The van der Waals surface area contributed by atoms with Crippen LogP contribution >= 0.6 is 0 Å². The van der Waals surface area contributed by atoms with Crippen LogP contribution in [0.1, 0.15) is 78.7 Å². The molecule has 0 bridgehead atoms. The molecule has 0 unspecified atom stereocenters. The van der Waals surface area contributed by atoms with Crippen molar-refractivity contribution >= 4 is 11.9 Å². The van der Waals surface area contributed by atoms with Crippen LogP contribution < -0.4 is 4.90 Å². The van der Waals surface area contributed by atoms with Gasteiger partial charge in [0.1, 0.15) is 11.6 Å². The highest BCUT2D eigenvalue weighted by Gasteiger charge is 2.65. The average Bonchev–Trinajstić information content (AvgIpc) is 3.25. The summed E-state index contributed by atoms with van der Waals surface area (Å²) in [7, 11) is 1.78. The van der Waals surface area contributed by atoms with Crippen LogP contribution in [0.2, 0.25) is 0 Å². The molecule has 0 spiro atoms. The van der Waals surface area contributed by atoms with Gasteiger partial charge in [0, 0.05) is 20.1 Å². The van der Waals surface area contributed by atoms with Gasteiger partial charge in [-0.2, -0.15) is 8.78 Å². The SMILES string of the molecule is CCN(C)c1nnc([C@@H]2CCCN2C(=O)C(F)(F)C2(O)CC(C)(C)CC(C)(C)C2)o1. The number of anilines is 1. The fraction of sp³-hybridized carbons (Fsp3) is 0.857. The van der Waals surface area contributed by atoms with Crippen molar-refractivity contribution in [3.05, 3.63) is 5.89 Å². The number of nitrogens with zero attached hydrogens (tertiary/aromatic N) is 4. The molecule has 2 heterocycles. The Morgan fingerprint density at radius 1 is 1.23 bits per heavy atom. The molecular formula is C21H34F2N4O3. The van der Waals surface area contributed by atoms with Gasteiger partial charge in [0.25, 0.3) is 5.91 Å². The summed E-state index contributed by atoms with van der Waals surface area (Å²) >= 11 is 0. The minimum atomic E-state index is -3.91. The van der Waals surface area contributed by atoms with Crippen LogP contribution in [0.25, 0.3) is 0 Å². The topological polar surface area (TPSA) is 82.7 Å². The molecule has 1 atom stereocenters. The highest BCUT2D eigenvalue weighted by Crippen LogP contribution is 2.55. The Labute approximate surface area is 176 Å². The second-order valence-electron chi connectivity index (χ2n) is 10.6. The average molecular weight is 429 g/mol. The lowest BCUT2D eigenvalue weighted by Gasteiger charge is -2.51. The molecule has 2 aliphatic rings. The lowest BCUT2D eigenvalue weighted by Crippen LogP contribution is -2.62. The second-order valence-corrected chi connectivity index (χ2v) is 10.6. The molecule has 7 nitrogen and oxygen atoms in total. The van der Waals surface area contributed by atoms with E-state index in [0.717, 1.165) is 4.90 Å². The van der Waals surface area contributed by atoms with Crippen LogP contribution in [0.15, 0.2) is 4.42 Å². The quantitative estimate of drug-likeness (QED) is 0.768. The predicted molar refractivity (Wildman–Crippen MR) is 108 cm³/mol. The molecule has 1 N–H and O–H groups in total. The van der Waals surface area contributed by atoms with E-state index < -0.39 is 34.3 Å². The van der Waals surface area contributed by atoms with E-state index in [9.17, 15) is 9.90 Å². The van der Waals surface area contributed by atoms with Crippen LogP contribution in [-0.2, 0) is 4.79 Å². The summed E-state index contributed by atoms with van der Waals surface area (Å²) in [6, 6.07) is -0.420. The van der Waals surface area contributed by atoms with Gasteiger partial charge in [0.2, 0.25) is 5.89 Å². The second kappa shape index (κ2) is 7.43. The minimum absolute atomic E-state index is 0.132. The predicted octanol–water partition coefficient (Wildman–Crippen LogP) is 3.79. The molecule has 1 aromatic heterocycles. The van der Waals surface area contributed by atoms with E-state index in [1.165, 1.54) is 0 Å². The molecule has 0 radical (unpaired) electrons. The standard InChI is InChI=1S/C21H34F2N4O3/c1-7-26(6)17-25-24-15(30-17)14-9-8-10-27(14)16(28)21(22,23)20(29)12-18(2,3)11-19(4,5)13-20/h14,29H,7-13H2,1-6H3/t14-/m0/s1. The van der Waals surface area contributed by atoms with Crippen LogP contribution in [0.5, 0.6) is 0 Å². The van der Waals surface area contributed by atoms with Crippen molar-refractivity contribution in [1.82, 2.24) is 15.1 Å². The molecule has 170 valence electrons. The van der Waals surface area contributed by atoms with E-state index in [1.54, 1.807) is 11.9 Å². The van der Waals surface area contributed by atoms with Gasteiger partial charge >= 0.3 is 11.9 Å². The van der Waals surface area contributed by atoms with E-state index in [4.69, 9.17) is 4.42 Å². The minimum Gasteiger partial charge on any atom is -0.406 e. The molecule has 1 aliphatic carbocycles. The number of rotatable bonds is 5. The Kier molecular flexibility index (Phi) is 5.67. The Morgan fingerprint density at radius 3 is 2.40 bits per heavy atom. The molecule has 1 saturated carbocycles. The highest BCUT2D eigenvalue weighted by molar-refractivity contribution is 5.85. The van der Waals surface area contributed by atoms with Gasteiger partial charge in [-0.1, -0.05) is 32.8 Å². The van der Waals surface area contributed by atoms with E-state index >= 15 is 8.78 Å². The number of carbonyl (C=O) groups is 1. The molecule has 30 heavy (non-hydrogen) atoms. The number of hydrogen-bond donors (Lipinski definition) is 1. The Hall–Kier alpha value is -1.77. The lowest BCUT2D eigenvalue weighted by atomic mass is 9.58. The molecule has 2 fully saturated rings. The van der Waals surface area contributed by atoms with E-state index in [0.29, 0.717) is 25.8 Å². The Morgan fingerprint density at radius 2 is 1.83 bits per heavy atom. The molecule has 3 rings (SSSR count). The van der Waals surface area contributed by atoms with Gasteiger partial charge in [-0.3, -0.25) is 4.79 Å². The van der Waals surface area contributed by atoms with Gasteiger partial charge in [-0.15, -0.1) is 5.10 Å². The van der Waals surface area contributed by atoms with E-state index in [-0.39, 0.29) is 31.3 Å². The maximum absolute atomic E-state index is 15.6. The molecule has 9 heteroatoms. The molecule has 1 aromatic rings. The van der Waals surface area contributed by atoms with Crippen LogP contribution in [0.4, 0.5) is 14.8 Å². The van der Waals surface area contributed by atoms with Crippen molar-refractivity contribution in [2.75, 3.05) is 25.0 Å². The lowest BCUT2D eigenvalue weighted by molar-refractivity contribution is -0.231. The Bertz CT molecular complexity index is 777. The summed E-state index contributed by atoms with van der Waals surface area (Å²) in [5.41, 5.74) is -3.40. The third-order valence-electron chi connectivity index (χ3n) is 6.38. The Balaban J connectivity index is 1.87. The normalized spacial score (nSPS) is 25.4. The number of carbonyl (C=O) groups excluding carboxylic acids is 1. The van der Waals surface area contributed by atoms with Gasteiger partial charge in [-0.05, 0) is 49.9 Å². The largest absolute Gasteiger partial charge is 0.406 e. The summed E-state index contributed by atoms with van der Waals surface area (Å²) in [4.78, 5) is 15.9. The fourth-order valence-electron chi connectivity index (χ4n) is 5.58. The summed E-state index contributed by atoms with van der Waals surface area (Å²) in [6.45, 7) is 10.2. The molecule has 1 aliphatic heterocycles. The first-order valence-corrected chi connectivity index (χ1v) is 10.7. The van der Waals surface area contributed by atoms with Crippen molar-refractivity contribution in [3.8, 4) is 0 Å². The first-order valence-electron chi connectivity index (χ1n) is 10.7. The van der Waals surface area contributed by atoms with Crippen molar-refractivity contribution in [2.24, 2.45) is 10.8 Å². The third-order valence-corrected chi connectivity index (χ3v) is 6.38. The van der Waals surface area contributed by atoms with Crippen molar-refractivity contribution in [3.63, 3.8) is 0 Å². The zero-order chi connectivity index (χ0) is 22.5. The number of hydrogen-bond acceptors (Lipinski definition) is 6. The van der Waals surface area contributed by atoms with Gasteiger partial charge in [-0.25, -0.2) is 0 Å². The zero-order valence-corrected chi connectivity index (χ0v) is 18.8. The zero-order valence-electron chi connectivity index (χ0n) is 18.8. The first-order chi connectivity index (χ1) is 13.7. The van der Waals surface area contributed by atoms with E-state index in [1.807, 2.05) is 34.6 Å². The van der Waals surface area contributed by atoms with Gasteiger partial charge in [0.05, 0.1) is 0 Å². The van der Waals surface area contributed by atoms with Crippen LogP contribution in [-0.4, -0.2) is 57.8 Å². The molecule has 0 aromatic carbocycles. The number of amides is 1. The summed E-state index contributed by atoms with van der Waals surface area (Å²) in [5, 5.41) is 19.1. The third kappa shape index (κ3) is 4.05. The monoisotopic (exact) mass is 428 g/mol. The van der Waals surface area contributed by atoms with Crippen molar-refractivity contribution < 1.29 is 23.1 Å². The molecular weight excluding hydrogens is 394 g/mol. The highest BCUT2D eigenvalue weighted by atomic mass is 19.3. The van der Waals surface area contributed by atoms with Crippen molar-refractivity contribution in [2.45, 2.75) is 84.3 Å². The number of aliphatic hydroxyl groups is 1. The van der Waals surface area contributed by atoms with E-state index in [2.05, 4.69) is 10.2 Å². The number of likely N-dealkylation sites (tertiary alicyclic amines) is 1. The maximum atomic E-state index is 15.6.